The quantitative estimate of drug-likeness (QED) is 0.641. The van der Waals surface area contributed by atoms with Gasteiger partial charge in [-0.25, -0.2) is 13.2 Å². The van der Waals surface area contributed by atoms with Crippen LogP contribution in [0.15, 0.2) is 29.3 Å². The molecule has 0 spiro atoms. The van der Waals surface area contributed by atoms with Crippen molar-refractivity contribution in [1.29, 1.82) is 0 Å². The van der Waals surface area contributed by atoms with E-state index in [0.717, 1.165) is 16.8 Å². The van der Waals surface area contributed by atoms with Crippen molar-refractivity contribution < 1.29 is 30.9 Å². The van der Waals surface area contributed by atoms with Crippen LogP contribution in [0.25, 0.3) is 0 Å². The van der Waals surface area contributed by atoms with Gasteiger partial charge in [-0.05, 0) is 6.07 Å². The predicted octanol–water partition coefficient (Wildman–Crippen LogP) is 2.36. The molecule has 0 saturated heterocycles. The SMILES string of the molecule is Cl.Cn1cc(S(=O)(=O)O)cc1C(=O)Nc1cc(F)c(F)c(F)c1. The van der Waals surface area contributed by atoms with Gasteiger partial charge >= 0.3 is 0 Å². The fourth-order valence-electron chi connectivity index (χ4n) is 1.72. The molecule has 0 unspecified atom stereocenters. The summed E-state index contributed by atoms with van der Waals surface area (Å²) in [7, 11) is -3.17. The first-order valence-electron chi connectivity index (χ1n) is 5.69. The third-order valence-electron chi connectivity index (χ3n) is 2.75. The number of rotatable bonds is 3. The van der Waals surface area contributed by atoms with Crippen LogP contribution in [-0.2, 0) is 17.2 Å². The van der Waals surface area contributed by atoms with Gasteiger partial charge in [0, 0.05) is 31.1 Å². The summed E-state index contributed by atoms with van der Waals surface area (Å²) >= 11 is 0. The smallest absolute Gasteiger partial charge is 0.296 e. The Balaban J connectivity index is 0.00000264. The molecule has 2 rings (SSSR count). The van der Waals surface area contributed by atoms with Crippen LogP contribution in [0.4, 0.5) is 18.9 Å². The minimum absolute atomic E-state index is 0. The Hall–Kier alpha value is -2.04. The molecule has 0 aliphatic rings. The molecule has 1 heterocycles. The maximum Gasteiger partial charge on any atom is 0.296 e. The van der Waals surface area contributed by atoms with E-state index in [-0.39, 0.29) is 23.8 Å². The fourth-order valence-corrected chi connectivity index (χ4v) is 2.28. The normalized spacial score (nSPS) is 11.0. The number of aryl methyl sites for hydroxylation is 1. The molecule has 23 heavy (non-hydrogen) atoms. The number of nitrogens with one attached hydrogen (secondary N) is 1. The van der Waals surface area contributed by atoms with Crippen molar-refractivity contribution in [3.63, 3.8) is 0 Å². The lowest BCUT2D eigenvalue weighted by molar-refractivity contribution is 0.101. The lowest BCUT2D eigenvalue weighted by atomic mass is 10.2. The monoisotopic (exact) mass is 370 g/mol. The Bertz CT molecular complexity index is 844. The van der Waals surface area contributed by atoms with Crippen LogP contribution in [0, 0.1) is 17.5 Å². The fraction of sp³-hybridized carbons (Fsp3) is 0.0833. The molecule has 2 aromatic rings. The Morgan fingerprint density at radius 3 is 2.13 bits per heavy atom. The van der Waals surface area contributed by atoms with Crippen molar-refractivity contribution in [2.45, 2.75) is 4.90 Å². The van der Waals surface area contributed by atoms with Crippen molar-refractivity contribution in [3.8, 4) is 0 Å². The highest BCUT2D eigenvalue weighted by Crippen LogP contribution is 2.19. The Morgan fingerprint density at radius 1 is 1.17 bits per heavy atom. The number of benzene rings is 1. The molecule has 0 fully saturated rings. The second kappa shape index (κ2) is 6.60. The standard InChI is InChI=1S/C12H9F3N2O4S.ClH/c1-17-5-7(22(19,20)21)4-10(17)12(18)16-6-2-8(13)11(15)9(14)3-6;/h2-5H,1H3,(H,16,18)(H,19,20,21);1H. The van der Waals surface area contributed by atoms with Gasteiger partial charge in [-0.1, -0.05) is 0 Å². The first-order valence-corrected chi connectivity index (χ1v) is 7.13. The highest BCUT2D eigenvalue weighted by molar-refractivity contribution is 7.85. The molecule has 0 saturated carbocycles. The van der Waals surface area contributed by atoms with E-state index in [0.29, 0.717) is 12.1 Å². The maximum absolute atomic E-state index is 13.0. The highest BCUT2D eigenvalue weighted by atomic mass is 35.5. The molecule has 0 bridgehead atoms. The number of amides is 1. The Morgan fingerprint density at radius 2 is 1.70 bits per heavy atom. The van der Waals surface area contributed by atoms with Gasteiger partial charge in [-0.2, -0.15) is 8.42 Å². The number of carbonyl (C=O) groups excluding carboxylic acids is 1. The number of nitrogens with zero attached hydrogens (tertiary/aromatic N) is 1. The molecule has 1 aromatic carbocycles. The third-order valence-corrected chi connectivity index (χ3v) is 3.57. The number of anilines is 1. The van der Waals surface area contributed by atoms with Gasteiger partial charge in [0.15, 0.2) is 17.5 Å². The molecule has 1 aromatic heterocycles. The number of carbonyl (C=O) groups is 1. The molecule has 126 valence electrons. The van der Waals surface area contributed by atoms with Gasteiger partial charge in [0.05, 0.1) is 0 Å². The van der Waals surface area contributed by atoms with E-state index in [1.54, 1.807) is 0 Å². The number of aromatic nitrogens is 1. The second-order valence-corrected chi connectivity index (χ2v) is 5.78. The van der Waals surface area contributed by atoms with Gasteiger partial charge in [-0.3, -0.25) is 9.35 Å². The largest absolute Gasteiger partial charge is 0.345 e. The predicted molar refractivity (Wildman–Crippen MR) is 76.7 cm³/mol. The van der Waals surface area contributed by atoms with E-state index in [1.807, 2.05) is 0 Å². The maximum atomic E-state index is 13.0. The topological polar surface area (TPSA) is 88.4 Å². The van der Waals surface area contributed by atoms with Crippen molar-refractivity contribution in [3.05, 3.63) is 47.5 Å². The molecular formula is C12H10ClF3N2O4S. The highest BCUT2D eigenvalue weighted by Gasteiger charge is 2.19. The van der Waals surface area contributed by atoms with Crippen LogP contribution in [0.3, 0.4) is 0 Å². The summed E-state index contributed by atoms with van der Waals surface area (Å²) in [4.78, 5) is 11.4. The Kier molecular flexibility index (Phi) is 5.46. The average Bonchev–Trinajstić information content (AvgIpc) is 2.78. The summed E-state index contributed by atoms with van der Waals surface area (Å²) < 4.78 is 70.8. The average molecular weight is 371 g/mol. The molecule has 0 atom stereocenters. The van der Waals surface area contributed by atoms with E-state index in [1.165, 1.54) is 7.05 Å². The first kappa shape index (κ1) is 19.0. The van der Waals surface area contributed by atoms with Crippen LogP contribution >= 0.6 is 12.4 Å². The van der Waals surface area contributed by atoms with E-state index >= 15 is 0 Å². The van der Waals surface area contributed by atoms with Crippen LogP contribution in [-0.4, -0.2) is 23.4 Å². The van der Waals surface area contributed by atoms with Crippen LogP contribution in [0.2, 0.25) is 0 Å². The van der Waals surface area contributed by atoms with Crippen molar-refractivity contribution in [1.82, 2.24) is 4.57 Å². The van der Waals surface area contributed by atoms with Crippen molar-refractivity contribution >= 4 is 34.1 Å². The van der Waals surface area contributed by atoms with E-state index < -0.39 is 38.4 Å². The third kappa shape index (κ3) is 4.03. The summed E-state index contributed by atoms with van der Waals surface area (Å²) in [5.41, 5.74) is -0.547. The van der Waals surface area contributed by atoms with E-state index in [9.17, 15) is 26.4 Å². The molecule has 1 amide bonds. The molecule has 0 radical (unpaired) electrons. The Labute approximate surface area is 135 Å². The summed E-state index contributed by atoms with van der Waals surface area (Å²) in [6.45, 7) is 0. The van der Waals surface area contributed by atoms with Crippen molar-refractivity contribution in [2.75, 3.05) is 5.32 Å². The number of hydrogen-bond acceptors (Lipinski definition) is 3. The van der Waals surface area contributed by atoms with Gasteiger partial charge in [0.2, 0.25) is 0 Å². The zero-order valence-electron chi connectivity index (χ0n) is 11.4. The number of hydrogen-bond donors (Lipinski definition) is 2. The molecular weight excluding hydrogens is 361 g/mol. The molecule has 6 nitrogen and oxygen atoms in total. The molecule has 0 aliphatic carbocycles. The van der Waals surface area contributed by atoms with Gasteiger partial charge < -0.3 is 9.88 Å². The summed E-state index contributed by atoms with van der Waals surface area (Å²) in [6.07, 6.45) is 0.982. The van der Waals surface area contributed by atoms with Crippen LogP contribution in [0.1, 0.15) is 10.5 Å². The molecule has 11 heteroatoms. The zero-order chi connectivity index (χ0) is 16.7. The van der Waals surface area contributed by atoms with Gasteiger partial charge in [0.25, 0.3) is 16.0 Å². The summed E-state index contributed by atoms with van der Waals surface area (Å²) in [6, 6.07) is 2.02. The first-order chi connectivity index (χ1) is 10.1. The molecule has 0 aliphatic heterocycles. The minimum atomic E-state index is -4.50. The molecule has 2 N–H and O–H groups in total. The summed E-state index contributed by atoms with van der Waals surface area (Å²) in [5, 5.41) is 2.09. The lowest BCUT2D eigenvalue weighted by Gasteiger charge is -2.07. The van der Waals surface area contributed by atoms with Crippen molar-refractivity contribution in [2.24, 2.45) is 7.05 Å². The van der Waals surface area contributed by atoms with E-state index in [4.69, 9.17) is 4.55 Å². The summed E-state index contributed by atoms with van der Waals surface area (Å²) in [5.74, 6) is -5.55. The lowest BCUT2D eigenvalue weighted by Crippen LogP contribution is -2.15. The minimum Gasteiger partial charge on any atom is -0.345 e. The van der Waals surface area contributed by atoms with E-state index in [2.05, 4.69) is 5.32 Å². The zero-order valence-corrected chi connectivity index (χ0v) is 13.0. The van der Waals surface area contributed by atoms with Crippen LogP contribution in [0.5, 0.6) is 0 Å². The number of halogens is 4. The van der Waals surface area contributed by atoms with Gasteiger partial charge in [-0.15, -0.1) is 12.4 Å². The van der Waals surface area contributed by atoms with Gasteiger partial charge in [0.1, 0.15) is 10.6 Å². The second-order valence-electron chi connectivity index (χ2n) is 4.36. The van der Waals surface area contributed by atoms with Crippen LogP contribution < -0.4 is 5.32 Å².